The third kappa shape index (κ3) is 2.95. The summed E-state index contributed by atoms with van der Waals surface area (Å²) >= 11 is 3.47. The van der Waals surface area contributed by atoms with E-state index in [9.17, 15) is 15.0 Å². The third-order valence-corrected chi connectivity index (χ3v) is 7.53. The number of hydrogen-bond donors (Lipinski definition) is 2. The van der Waals surface area contributed by atoms with Crippen LogP contribution in [0.15, 0.2) is 71.2 Å². The first kappa shape index (κ1) is 22.8. The lowest BCUT2D eigenvalue weighted by Crippen LogP contribution is -2.52. The first-order valence-electron chi connectivity index (χ1n) is 10.9. The van der Waals surface area contributed by atoms with E-state index < -0.39 is 29.1 Å². The van der Waals surface area contributed by atoms with Crippen LogP contribution in [0.25, 0.3) is 0 Å². The normalized spacial score (nSPS) is 29.2. The summed E-state index contributed by atoms with van der Waals surface area (Å²) in [7, 11) is 4.78. The van der Waals surface area contributed by atoms with Crippen molar-refractivity contribution in [1.29, 1.82) is 0 Å². The largest absolute Gasteiger partial charge is 0.481 e. The number of rotatable bonds is 4. The highest BCUT2D eigenvalue weighted by Crippen LogP contribution is 2.68. The van der Waals surface area contributed by atoms with Crippen LogP contribution in [0.4, 0.5) is 0 Å². The molecule has 5 rings (SSSR count). The van der Waals surface area contributed by atoms with Gasteiger partial charge in [0, 0.05) is 30.6 Å². The zero-order valence-corrected chi connectivity index (χ0v) is 20.6. The molecule has 8 heteroatoms. The van der Waals surface area contributed by atoms with E-state index >= 15 is 0 Å². The molecular formula is C26H25BrN2O5. The van der Waals surface area contributed by atoms with Gasteiger partial charge in [0.15, 0.2) is 11.2 Å². The molecule has 2 aromatic carbocycles. The molecule has 3 aromatic rings. The van der Waals surface area contributed by atoms with Crippen LogP contribution in [0.3, 0.4) is 0 Å². The number of fused-ring (bicyclic) bond motifs is 3. The molecule has 1 fully saturated rings. The molecule has 1 aromatic heterocycles. The molecule has 7 nitrogen and oxygen atoms in total. The number of amides is 1. The van der Waals surface area contributed by atoms with Crippen molar-refractivity contribution in [2.75, 3.05) is 21.2 Å². The third-order valence-electron chi connectivity index (χ3n) is 7.00. The van der Waals surface area contributed by atoms with Crippen LogP contribution in [-0.2, 0) is 16.0 Å². The number of aliphatic hydroxyl groups excluding tert-OH is 1. The number of aliphatic hydroxyl groups is 2. The molecule has 34 heavy (non-hydrogen) atoms. The van der Waals surface area contributed by atoms with Gasteiger partial charge in [0.05, 0.1) is 18.6 Å². The fraction of sp³-hybridized carbons (Fsp3) is 0.308. The summed E-state index contributed by atoms with van der Waals surface area (Å²) in [5.74, 6) is -1.50. The molecule has 2 N–H and O–H groups in total. The summed E-state index contributed by atoms with van der Waals surface area (Å²) in [6, 6.07) is 20.0. The van der Waals surface area contributed by atoms with E-state index in [4.69, 9.17) is 9.47 Å². The van der Waals surface area contributed by atoms with Crippen molar-refractivity contribution in [2.24, 2.45) is 5.92 Å². The summed E-state index contributed by atoms with van der Waals surface area (Å²) in [5, 5.41) is 24.3. The number of nitrogens with zero attached hydrogens (tertiary/aromatic N) is 2. The van der Waals surface area contributed by atoms with Crippen molar-refractivity contribution in [1.82, 2.24) is 9.88 Å². The van der Waals surface area contributed by atoms with Gasteiger partial charge in [-0.15, -0.1) is 0 Å². The highest BCUT2D eigenvalue weighted by molar-refractivity contribution is 9.10. The Balaban J connectivity index is 1.86. The number of ether oxygens (including phenoxy) is 2. The van der Waals surface area contributed by atoms with Gasteiger partial charge in [-0.3, -0.25) is 4.79 Å². The molecule has 1 saturated carbocycles. The molecule has 0 saturated heterocycles. The fourth-order valence-electron chi connectivity index (χ4n) is 5.54. The van der Waals surface area contributed by atoms with E-state index in [-0.39, 0.29) is 11.8 Å². The van der Waals surface area contributed by atoms with Crippen LogP contribution in [0.5, 0.6) is 11.8 Å². The lowest BCUT2D eigenvalue weighted by Gasteiger charge is -2.40. The van der Waals surface area contributed by atoms with Gasteiger partial charge >= 0.3 is 0 Å². The molecule has 0 spiro atoms. The minimum absolute atomic E-state index is 0.167. The Morgan fingerprint density at radius 3 is 2.38 bits per heavy atom. The molecular weight excluding hydrogens is 500 g/mol. The predicted octanol–water partition coefficient (Wildman–Crippen LogP) is 3.19. The molecule has 1 aliphatic carbocycles. The maximum atomic E-state index is 13.5. The molecule has 176 valence electrons. The molecule has 1 aliphatic heterocycles. The molecule has 2 aliphatic rings. The van der Waals surface area contributed by atoms with E-state index in [1.54, 1.807) is 26.2 Å². The highest BCUT2D eigenvalue weighted by Gasteiger charge is 2.77. The maximum absolute atomic E-state index is 13.5. The van der Waals surface area contributed by atoms with Gasteiger partial charge in [0.25, 0.3) is 0 Å². The summed E-state index contributed by atoms with van der Waals surface area (Å²) < 4.78 is 12.7. The number of pyridine rings is 1. The Morgan fingerprint density at radius 2 is 1.76 bits per heavy atom. The summed E-state index contributed by atoms with van der Waals surface area (Å²) in [4.78, 5) is 19.4. The molecule has 2 heterocycles. The van der Waals surface area contributed by atoms with Crippen LogP contribution >= 0.6 is 15.9 Å². The summed E-state index contributed by atoms with van der Waals surface area (Å²) in [6.07, 6.45) is -1.47. The molecule has 5 atom stereocenters. The van der Waals surface area contributed by atoms with Crippen molar-refractivity contribution >= 4 is 21.8 Å². The number of hydrogen-bond acceptors (Lipinski definition) is 6. The van der Waals surface area contributed by atoms with Crippen LogP contribution in [0.1, 0.15) is 22.6 Å². The fourth-order valence-corrected chi connectivity index (χ4v) is 5.81. The second-order valence-corrected chi connectivity index (χ2v) is 9.82. The van der Waals surface area contributed by atoms with E-state index in [2.05, 4.69) is 20.9 Å². The van der Waals surface area contributed by atoms with E-state index in [1.165, 1.54) is 12.0 Å². The van der Waals surface area contributed by atoms with Crippen LogP contribution in [0, 0.1) is 5.92 Å². The first-order chi connectivity index (χ1) is 16.3. The SMILES string of the molecule is COc1ccc2c(n1)O[C@@]1(c3ccc(Br)cc3)[C@H](c3ccccc3)[C@@H](C(=O)N(C)C)[C@@H](O)[C@@]21O. The van der Waals surface area contributed by atoms with Gasteiger partial charge in [-0.05, 0) is 29.3 Å². The Kier molecular flexibility index (Phi) is 5.42. The van der Waals surface area contributed by atoms with Crippen LogP contribution in [0.2, 0.25) is 0 Å². The smallest absolute Gasteiger partial charge is 0.228 e. The minimum Gasteiger partial charge on any atom is -0.481 e. The second kappa shape index (κ2) is 8.08. The summed E-state index contributed by atoms with van der Waals surface area (Å²) in [6.45, 7) is 0. The van der Waals surface area contributed by atoms with Gasteiger partial charge in [0.2, 0.25) is 17.7 Å². The molecule has 1 amide bonds. The lowest BCUT2D eigenvalue weighted by molar-refractivity contribution is -0.156. The van der Waals surface area contributed by atoms with E-state index in [1.807, 2.05) is 54.6 Å². The van der Waals surface area contributed by atoms with Gasteiger partial charge in [0.1, 0.15) is 6.10 Å². The van der Waals surface area contributed by atoms with E-state index in [0.717, 1.165) is 10.0 Å². The molecule has 0 radical (unpaired) electrons. The topological polar surface area (TPSA) is 92.1 Å². The molecule has 0 bridgehead atoms. The zero-order valence-electron chi connectivity index (χ0n) is 19.0. The average Bonchev–Trinajstić information content (AvgIpc) is 3.22. The average molecular weight is 525 g/mol. The number of benzene rings is 2. The number of aromatic nitrogens is 1. The highest BCUT2D eigenvalue weighted by atomic mass is 79.9. The Bertz CT molecular complexity index is 1240. The summed E-state index contributed by atoms with van der Waals surface area (Å²) in [5.41, 5.74) is -1.77. The molecule has 0 unspecified atom stereocenters. The standard InChI is InChI=1S/C26H25BrN2O5/c1-29(2)24(31)20-21(15-7-5-4-6-8-15)26(16-9-11-17(27)12-10-16)25(32,22(20)30)18-13-14-19(33-3)28-23(18)34-26/h4-14,20-22,30,32H,1-3H3/t20-,21-,22-,25+,26+/m1/s1. The first-order valence-corrected chi connectivity index (χ1v) is 11.7. The number of halogens is 1. The Hall–Kier alpha value is -2.94. The second-order valence-electron chi connectivity index (χ2n) is 8.91. The Morgan fingerprint density at radius 1 is 1.09 bits per heavy atom. The minimum atomic E-state index is -1.95. The quantitative estimate of drug-likeness (QED) is 0.544. The zero-order chi connectivity index (χ0) is 24.3. The van der Waals surface area contributed by atoms with Gasteiger partial charge in [-0.1, -0.05) is 58.4 Å². The van der Waals surface area contributed by atoms with Crippen molar-refractivity contribution < 1.29 is 24.5 Å². The number of methoxy groups -OCH3 is 1. The maximum Gasteiger partial charge on any atom is 0.228 e. The van der Waals surface area contributed by atoms with Crippen molar-refractivity contribution in [3.8, 4) is 11.8 Å². The van der Waals surface area contributed by atoms with Gasteiger partial charge in [-0.25, -0.2) is 0 Å². The predicted molar refractivity (Wildman–Crippen MR) is 129 cm³/mol. The monoisotopic (exact) mass is 524 g/mol. The van der Waals surface area contributed by atoms with Crippen LogP contribution in [-0.4, -0.2) is 53.3 Å². The van der Waals surface area contributed by atoms with Crippen molar-refractivity contribution in [3.63, 3.8) is 0 Å². The van der Waals surface area contributed by atoms with Gasteiger partial charge in [-0.2, -0.15) is 4.98 Å². The van der Waals surface area contributed by atoms with E-state index in [0.29, 0.717) is 17.0 Å². The van der Waals surface area contributed by atoms with Crippen molar-refractivity contribution in [2.45, 2.75) is 23.2 Å². The Labute approximate surface area is 206 Å². The van der Waals surface area contributed by atoms with Crippen LogP contribution < -0.4 is 9.47 Å². The number of carbonyl (C=O) groups excluding carboxylic acids is 1. The van der Waals surface area contributed by atoms with Gasteiger partial charge < -0.3 is 24.6 Å². The van der Waals surface area contributed by atoms with Crippen molar-refractivity contribution in [3.05, 3.63) is 87.9 Å². The lowest BCUT2D eigenvalue weighted by atomic mass is 9.71. The number of carbonyl (C=O) groups is 1.